The van der Waals surface area contributed by atoms with Crippen LogP contribution in [0.4, 0.5) is 0 Å². The zero-order chi connectivity index (χ0) is 13.9. The zero-order valence-electron chi connectivity index (χ0n) is 12.4. The van der Waals surface area contributed by atoms with Crippen LogP contribution >= 0.6 is 0 Å². The van der Waals surface area contributed by atoms with Crippen LogP contribution < -0.4 is 5.32 Å². The predicted octanol–water partition coefficient (Wildman–Crippen LogP) is 3.35. The summed E-state index contributed by atoms with van der Waals surface area (Å²) in [6.07, 6.45) is 3.13. The first-order chi connectivity index (χ1) is 8.99. The van der Waals surface area contributed by atoms with Crippen LogP contribution in [0.15, 0.2) is 30.3 Å². The molecule has 0 aliphatic heterocycles. The number of hydrogen-bond acceptors (Lipinski definition) is 2. The van der Waals surface area contributed by atoms with Crippen LogP contribution in [0.1, 0.15) is 45.6 Å². The summed E-state index contributed by atoms with van der Waals surface area (Å²) in [7, 11) is 0. The smallest absolute Gasteiger partial charge is 0.0772 e. The lowest BCUT2D eigenvalue weighted by Gasteiger charge is -2.42. The molecule has 2 heteroatoms. The molecule has 1 fully saturated rings. The summed E-state index contributed by atoms with van der Waals surface area (Å²) in [4.78, 5) is 0. The van der Waals surface area contributed by atoms with Crippen molar-refractivity contribution in [2.75, 3.05) is 0 Å². The van der Waals surface area contributed by atoms with Crippen molar-refractivity contribution in [2.45, 2.75) is 58.2 Å². The van der Waals surface area contributed by atoms with Crippen molar-refractivity contribution in [1.82, 2.24) is 5.32 Å². The van der Waals surface area contributed by atoms with Crippen LogP contribution in [0.3, 0.4) is 0 Å². The van der Waals surface area contributed by atoms with Gasteiger partial charge in [-0.15, -0.1) is 0 Å². The summed E-state index contributed by atoms with van der Waals surface area (Å²) < 4.78 is 0. The maximum absolute atomic E-state index is 10.5. The summed E-state index contributed by atoms with van der Waals surface area (Å²) in [5.74, 6) is 1.44. The highest BCUT2D eigenvalue weighted by Crippen LogP contribution is 2.35. The van der Waals surface area contributed by atoms with Gasteiger partial charge in [-0.05, 0) is 43.6 Å². The Kier molecular flexibility index (Phi) is 4.64. The van der Waals surface area contributed by atoms with Crippen LogP contribution in [0.2, 0.25) is 0 Å². The molecule has 0 aromatic heterocycles. The van der Waals surface area contributed by atoms with E-state index in [0.717, 1.165) is 31.7 Å². The van der Waals surface area contributed by atoms with Gasteiger partial charge < -0.3 is 10.4 Å². The van der Waals surface area contributed by atoms with E-state index in [1.54, 1.807) is 0 Å². The van der Waals surface area contributed by atoms with E-state index < -0.39 is 5.60 Å². The fraction of sp³-hybridized carbons (Fsp3) is 0.647. The van der Waals surface area contributed by atoms with Gasteiger partial charge in [-0.3, -0.25) is 0 Å². The second-order valence-electron chi connectivity index (χ2n) is 6.55. The molecule has 0 spiro atoms. The zero-order valence-corrected chi connectivity index (χ0v) is 12.4. The summed E-state index contributed by atoms with van der Waals surface area (Å²) in [5.41, 5.74) is 0.713. The average molecular weight is 261 g/mol. The third-order valence-electron chi connectivity index (χ3n) is 4.65. The minimum Gasteiger partial charge on any atom is -0.389 e. The van der Waals surface area contributed by atoms with E-state index in [0.29, 0.717) is 5.92 Å². The number of benzene rings is 1. The quantitative estimate of drug-likeness (QED) is 0.871. The van der Waals surface area contributed by atoms with Crippen LogP contribution in [0.5, 0.6) is 0 Å². The molecule has 2 nitrogen and oxygen atoms in total. The maximum atomic E-state index is 10.5. The van der Waals surface area contributed by atoms with Crippen molar-refractivity contribution in [2.24, 2.45) is 11.8 Å². The molecule has 2 N–H and O–H groups in total. The lowest BCUT2D eigenvalue weighted by molar-refractivity contribution is -0.0309. The molecule has 19 heavy (non-hydrogen) atoms. The molecule has 1 aromatic rings. The third kappa shape index (κ3) is 3.80. The topological polar surface area (TPSA) is 32.3 Å². The molecule has 1 aromatic carbocycles. The Morgan fingerprint density at radius 1 is 1.32 bits per heavy atom. The highest BCUT2D eigenvalue weighted by atomic mass is 16.3. The molecule has 1 aliphatic rings. The SMILES string of the molecule is CC(C)[C@H]1CC[C@](C)(O)[C@@H](NCc2ccccc2)C1. The van der Waals surface area contributed by atoms with Crippen molar-refractivity contribution < 1.29 is 5.11 Å². The Balaban J connectivity index is 1.96. The Labute approximate surface area is 117 Å². The number of nitrogens with one attached hydrogen (secondary N) is 1. The van der Waals surface area contributed by atoms with E-state index in [1.807, 2.05) is 13.0 Å². The minimum atomic E-state index is -0.569. The normalized spacial score (nSPS) is 31.6. The molecule has 0 radical (unpaired) electrons. The number of rotatable bonds is 4. The van der Waals surface area contributed by atoms with Gasteiger partial charge in [0.15, 0.2) is 0 Å². The molecule has 106 valence electrons. The van der Waals surface area contributed by atoms with Gasteiger partial charge in [0.25, 0.3) is 0 Å². The maximum Gasteiger partial charge on any atom is 0.0772 e. The van der Waals surface area contributed by atoms with E-state index in [9.17, 15) is 5.11 Å². The van der Waals surface area contributed by atoms with E-state index in [-0.39, 0.29) is 6.04 Å². The van der Waals surface area contributed by atoms with Crippen LogP contribution in [0.25, 0.3) is 0 Å². The second-order valence-corrected chi connectivity index (χ2v) is 6.55. The van der Waals surface area contributed by atoms with Gasteiger partial charge in [-0.1, -0.05) is 44.2 Å². The van der Waals surface area contributed by atoms with Crippen molar-refractivity contribution in [1.29, 1.82) is 0 Å². The molecule has 2 rings (SSSR count). The molecule has 0 saturated heterocycles. The molecular formula is C17H27NO. The Hall–Kier alpha value is -0.860. The summed E-state index contributed by atoms with van der Waals surface area (Å²) >= 11 is 0. The van der Waals surface area contributed by atoms with Gasteiger partial charge in [-0.2, -0.15) is 0 Å². The highest BCUT2D eigenvalue weighted by Gasteiger charge is 2.38. The largest absolute Gasteiger partial charge is 0.389 e. The molecule has 1 saturated carbocycles. The van der Waals surface area contributed by atoms with Gasteiger partial charge in [0, 0.05) is 12.6 Å². The average Bonchev–Trinajstić information content (AvgIpc) is 2.38. The van der Waals surface area contributed by atoms with Crippen molar-refractivity contribution in [3.8, 4) is 0 Å². The summed E-state index contributed by atoms with van der Waals surface area (Å²) in [6.45, 7) is 7.40. The molecule has 1 aliphatic carbocycles. The molecule has 0 amide bonds. The van der Waals surface area contributed by atoms with E-state index >= 15 is 0 Å². The van der Waals surface area contributed by atoms with Crippen LogP contribution in [-0.2, 0) is 6.54 Å². The molecule has 0 heterocycles. The lowest BCUT2D eigenvalue weighted by atomic mass is 9.72. The van der Waals surface area contributed by atoms with Crippen LogP contribution in [0, 0.1) is 11.8 Å². The second kappa shape index (κ2) is 6.06. The first-order valence-electron chi connectivity index (χ1n) is 7.49. The molecular weight excluding hydrogens is 234 g/mol. The van der Waals surface area contributed by atoms with Gasteiger partial charge >= 0.3 is 0 Å². The number of hydrogen-bond donors (Lipinski definition) is 2. The molecule has 0 unspecified atom stereocenters. The Morgan fingerprint density at radius 2 is 2.00 bits per heavy atom. The van der Waals surface area contributed by atoms with E-state index in [2.05, 4.69) is 43.4 Å². The first-order valence-corrected chi connectivity index (χ1v) is 7.49. The van der Waals surface area contributed by atoms with Gasteiger partial charge in [-0.25, -0.2) is 0 Å². The third-order valence-corrected chi connectivity index (χ3v) is 4.65. The predicted molar refractivity (Wildman–Crippen MR) is 79.9 cm³/mol. The Bertz CT molecular complexity index is 386. The van der Waals surface area contributed by atoms with Gasteiger partial charge in [0.1, 0.15) is 0 Å². The van der Waals surface area contributed by atoms with Crippen LogP contribution in [-0.4, -0.2) is 16.7 Å². The monoisotopic (exact) mass is 261 g/mol. The number of aliphatic hydroxyl groups is 1. The molecule has 0 bridgehead atoms. The fourth-order valence-electron chi connectivity index (χ4n) is 3.07. The van der Waals surface area contributed by atoms with Gasteiger partial charge in [0.2, 0.25) is 0 Å². The summed E-state index contributed by atoms with van der Waals surface area (Å²) in [5, 5.41) is 14.1. The van der Waals surface area contributed by atoms with Gasteiger partial charge in [0.05, 0.1) is 5.60 Å². The first kappa shape index (κ1) is 14.5. The van der Waals surface area contributed by atoms with Crippen molar-refractivity contribution in [3.63, 3.8) is 0 Å². The van der Waals surface area contributed by atoms with Crippen molar-refractivity contribution in [3.05, 3.63) is 35.9 Å². The van der Waals surface area contributed by atoms with E-state index in [4.69, 9.17) is 0 Å². The van der Waals surface area contributed by atoms with E-state index in [1.165, 1.54) is 5.56 Å². The van der Waals surface area contributed by atoms with Crippen molar-refractivity contribution >= 4 is 0 Å². The fourth-order valence-corrected chi connectivity index (χ4v) is 3.07. The lowest BCUT2D eigenvalue weighted by Crippen LogP contribution is -2.52. The summed E-state index contributed by atoms with van der Waals surface area (Å²) in [6, 6.07) is 10.6. The molecule has 3 atom stereocenters. The highest BCUT2D eigenvalue weighted by molar-refractivity contribution is 5.14. The Morgan fingerprint density at radius 3 is 2.63 bits per heavy atom. The minimum absolute atomic E-state index is 0.203. The standard InChI is InChI=1S/C17H27NO/c1-13(2)15-9-10-17(3,19)16(11-15)18-12-14-7-5-4-6-8-14/h4-8,13,15-16,18-19H,9-12H2,1-3H3/t15-,16-,17-/m0/s1.